The van der Waals surface area contributed by atoms with E-state index in [1.165, 1.54) is 0 Å². The first-order chi connectivity index (χ1) is 8.74. The number of nitrogen functional groups attached to an aromatic ring is 1. The van der Waals surface area contributed by atoms with Crippen LogP contribution in [-0.4, -0.2) is 23.2 Å². The van der Waals surface area contributed by atoms with E-state index in [0.29, 0.717) is 41.4 Å². The first kappa shape index (κ1) is 11.1. The molecule has 0 spiro atoms. The van der Waals surface area contributed by atoms with Crippen LogP contribution in [0, 0.1) is 0 Å². The highest BCUT2D eigenvalue weighted by atomic mass is 35.5. The third-order valence-corrected chi connectivity index (χ3v) is 2.79. The van der Waals surface area contributed by atoms with Crippen LogP contribution >= 0.6 is 11.6 Å². The average Bonchev–Trinajstić information content (AvgIpc) is 2.38. The van der Waals surface area contributed by atoms with Crippen LogP contribution in [0.15, 0.2) is 24.4 Å². The van der Waals surface area contributed by atoms with Crippen LogP contribution in [0.5, 0.6) is 11.6 Å². The van der Waals surface area contributed by atoms with Gasteiger partial charge in [0.1, 0.15) is 18.4 Å². The molecule has 0 radical (unpaired) electrons. The van der Waals surface area contributed by atoms with E-state index < -0.39 is 0 Å². The van der Waals surface area contributed by atoms with Gasteiger partial charge in [-0.2, -0.15) is 0 Å². The molecular formula is C12H10ClN3O2. The molecule has 3 rings (SSSR count). The number of hydrogen-bond donors (Lipinski definition) is 1. The van der Waals surface area contributed by atoms with Crippen molar-refractivity contribution in [2.45, 2.75) is 0 Å². The fourth-order valence-electron chi connectivity index (χ4n) is 1.74. The summed E-state index contributed by atoms with van der Waals surface area (Å²) in [4.78, 5) is 8.37. The second-order valence-corrected chi connectivity index (χ2v) is 4.18. The summed E-state index contributed by atoms with van der Waals surface area (Å²) in [6.07, 6.45) is 1.59. The largest absolute Gasteiger partial charge is 0.484 e. The van der Waals surface area contributed by atoms with Crippen molar-refractivity contribution in [2.24, 2.45) is 0 Å². The highest BCUT2D eigenvalue weighted by Gasteiger charge is 2.15. The molecule has 0 unspecified atom stereocenters. The van der Waals surface area contributed by atoms with Gasteiger partial charge >= 0.3 is 0 Å². The van der Waals surface area contributed by atoms with Gasteiger partial charge < -0.3 is 15.2 Å². The van der Waals surface area contributed by atoms with Crippen LogP contribution in [0.3, 0.4) is 0 Å². The van der Waals surface area contributed by atoms with Gasteiger partial charge in [-0.1, -0.05) is 11.6 Å². The molecule has 0 saturated carbocycles. The number of hydrogen-bond acceptors (Lipinski definition) is 5. The standard InChI is InChI=1S/C12H10ClN3O2/c13-11-5-8(14)7(6-15-11)9-1-2-10-12(16-9)18-4-3-17-10/h1-2,5-6H,3-4H2,(H2,14,15). The minimum atomic E-state index is 0.355. The third kappa shape index (κ3) is 1.93. The number of nitrogens with zero attached hydrogens (tertiary/aromatic N) is 2. The molecule has 3 heterocycles. The predicted octanol–water partition coefficient (Wildman–Crippen LogP) is 2.15. The molecule has 2 aromatic rings. The molecule has 1 aliphatic rings. The van der Waals surface area contributed by atoms with Crippen LogP contribution in [0.2, 0.25) is 5.15 Å². The smallest absolute Gasteiger partial charge is 0.257 e. The van der Waals surface area contributed by atoms with E-state index in [-0.39, 0.29) is 0 Å². The summed E-state index contributed by atoms with van der Waals surface area (Å²) in [7, 11) is 0. The van der Waals surface area contributed by atoms with Crippen molar-refractivity contribution in [3.63, 3.8) is 0 Å². The summed E-state index contributed by atoms with van der Waals surface area (Å²) in [5, 5.41) is 0.355. The molecule has 2 N–H and O–H groups in total. The molecule has 0 aromatic carbocycles. The monoisotopic (exact) mass is 263 g/mol. The molecule has 1 aliphatic heterocycles. The third-order valence-electron chi connectivity index (χ3n) is 2.58. The first-order valence-electron chi connectivity index (χ1n) is 5.42. The second-order valence-electron chi connectivity index (χ2n) is 3.79. The summed E-state index contributed by atoms with van der Waals surface area (Å²) in [6, 6.07) is 5.22. The van der Waals surface area contributed by atoms with Crippen LogP contribution in [0.25, 0.3) is 11.3 Å². The molecule has 92 valence electrons. The number of pyridine rings is 2. The molecule has 0 fully saturated rings. The van der Waals surface area contributed by atoms with Crippen LogP contribution in [0.4, 0.5) is 5.69 Å². The van der Waals surface area contributed by atoms with Gasteiger partial charge in [0.05, 0.1) is 5.69 Å². The molecule has 6 heteroatoms. The Morgan fingerprint density at radius 3 is 2.89 bits per heavy atom. The quantitative estimate of drug-likeness (QED) is 0.799. The van der Waals surface area contributed by atoms with E-state index >= 15 is 0 Å². The molecule has 18 heavy (non-hydrogen) atoms. The number of nitrogens with two attached hydrogens (primary N) is 1. The summed E-state index contributed by atoms with van der Waals surface area (Å²) < 4.78 is 10.8. The Kier molecular flexibility index (Phi) is 2.68. The summed E-state index contributed by atoms with van der Waals surface area (Å²) >= 11 is 5.76. The molecular weight excluding hydrogens is 254 g/mol. The van der Waals surface area contributed by atoms with Gasteiger partial charge in [0.25, 0.3) is 5.88 Å². The maximum atomic E-state index is 5.89. The van der Waals surface area contributed by atoms with E-state index in [2.05, 4.69) is 9.97 Å². The molecule has 0 bridgehead atoms. The number of anilines is 1. The number of halogens is 1. The highest BCUT2D eigenvalue weighted by Crippen LogP contribution is 2.33. The molecule has 2 aromatic heterocycles. The summed E-state index contributed by atoms with van der Waals surface area (Å²) in [5.74, 6) is 1.12. The minimum Gasteiger partial charge on any atom is -0.484 e. The van der Waals surface area contributed by atoms with Crippen molar-refractivity contribution in [1.29, 1.82) is 0 Å². The Morgan fingerprint density at radius 2 is 2.06 bits per heavy atom. The molecule has 0 amide bonds. The lowest BCUT2D eigenvalue weighted by Crippen LogP contribution is -2.16. The maximum absolute atomic E-state index is 5.89. The van der Waals surface area contributed by atoms with Gasteiger partial charge in [0, 0.05) is 17.4 Å². The normalized spacial score (nSPS) is 13.4. The topological polar surface area (TPSA) is 70.3 Å². The Labute approximate surface area is 109 Å². The Balaban J connectivity index is 2.06. The maximum Gasteiger partial charge on any atom is 0.257 e. The lowest BCUT2D eigenvalue weighted by Gasteiger charge is -2.17. The fourth-order valence-corrected chi connectivity index (χ4v) is 1.91. The van der Waals surface area contributed by atoms with Gasteiger partial charge in [-0.25, -0.2) is 9.97 Å². The van der Waals surface area contributed by atoms with Crippen molar-refractivity contribution in [3.05, 3.63) is 29.5 Å². The predicted molar refractivity (Wildman–Crippen MR) is 67.9 cm³/mol. The molecule has 0 atom stereocenters. The van der Waals surface area contributed by atoms with Gasteiger partial charge in [-0.3, -0.25) is 0 Å². The zero-order valence-electron chi connectivity index (χ0n) is 9.39. The van der Waals surface area contributed by atoms with Crippen molar-refractivity contribution >= 4 is 17.3 Å². The fraction of sp³-hybridized carbons (Fsp3) is 0.167. The number of aromatic nitrogens is 2. The number of rotatable bonds is 1. The van der Waals surface area contributed by atoms with E-state index in [1.54, 1.807) is 12.3 Å². The Morgan fingerprint density at radius 1 is 1.22 bits per heavy atom. The first-order valence-corrected chi connectivity index (χ1v) is 5.80. The molecule has 5 nitrogen and oxygen atoms in total. The number of fused-ring (bicyclic) bond motifs is 1. The van der Waals surface area contributed by atoms with Crippen LogP contribution in [0.1, 0.15) is 0 Å². The zero-order valence-corrected chi connectivity index (χ0v) is 10.1. The number of ether oxygens (including phenoxy) is 2. The van der Waals surface area contributed by atoms with E-state index in [4.69, 9.17) is 26.8 Å². The SMILES string of the molecule is Nc1cc(Cl)ncc1-c1ccc2c(n1)OCCO2. The van der Waals surface area contributed by atoms with E-state index in [0.717, 1.165) is 5.56 Å². The van der Waals surface area contributed by atoms with Crippen LogP contribution in [-0.2, 0) is 0 Å². The minimum absolute atomic E-state index is 0.355. The van der Waals surface area contributed by atoms with Crippen molar-refractivity contribution < 1.29 is 9.47 Å². The second kappa shape index (κ2) is 4.34. The van der Waals surface area contributed by atoms with Crippen molar-refractivity contribution in [3.8, 4) is 22.9 Å². The van der Waals surface area contributed by atoms with Crippen molar-refractivity contribution in [1.82, 2.24) is 9.97 Å². The Bertz CT molecular complexity index is 604. The highest BCUT2D eigenvalue weighted by molar-refractivity contribution is 6.29. The van der Waals surface area contributed by atoms with E-state index in [1.807, 2.05) is 12.1 Å². The molecule has 0 aliphatic carbocycles. The van der Waals surface area contributed by atoms with E-state index in [9.17, 15) is 0 Å². The average molecular weight is 264 g/mol. The van der Waals surface area contributed by atoms with Crippen LogP contribution < -0.4 is 15.2 Å². The Hall–Kier alpha value is -2.01. The van der Waals surface area contributed by atoms with Gasteiger partial charge in [0.15, 0.2) is 5.75 Å². The van der Waals surface area contributed by atoms with Gasteiger partial charge in [-0.05, 0) is 18.2 Å². The lowest BCUT2D eigenvalue weighted by atomic mass is 10.1. The van der Waals surface area contributed by atoms with Crippen molar-refractivity contribution in [2.75, 3.05) is 18.9 Å². The van der Waals surface area contributed by atoms with Gasteiger partial charge in [0.2, 0.25) is 0 Å². The molecule has 0 saturated heterocycles. The lowest BCUT2D eigenvalue weighted by molar-refractivity contribution is 0.164. The zero-order chi connectivity index (χ0) is 12.5. The summed E-state index contributed by atoms with van der Waals surface area (Å²) in [5.41, 5.74) is 7.82. The van der Waals surface area contributed by atoms with Gasteiger partial charge in [-0.15, -0.1) is 0 Å². The summed E-state index contributed by atoms with van der Waals surface area (Å²) in [6.45, 7) is 1.04.